The minimum atomic E-state index is -1.56. The molecule has 0 radical (unpaired) electrons. The SMILES string of the molecule is COC(=O)C(C)(Cc1csc2ccccc12)C(=O)O. The topological polar surface area (TPSA) is 63.6 Å². The summed E-state index contributed by atoms with van der Waals surface area (Å²) < 4.78 is 5.70. The number of hydrogen-bond donors (Lipinski definition) is 1. The Labute approximate surface area is 114 Å². The maximum absolute atomic E-state index is 11.7. The average Bonchev–Trinajstić information content (AvgIpc) is 2.81. The van der Waals surface area contributed by atoms with Crippen LogP contribution in [0.4, 0.5) is 0 Å². The number of methoxy groups -OCH3 is 1. The Morgan fingerprint density at radius 2 is 2.05 bits per heavy atom. The zero-order chi connectivity index (χ0) is 14.0. The van der Waals surface area contributed by atoms with Gasteiger partial charge in [0, 0.05) is 11.1 Å². The van der Waals surface area contributed by atoms with Crippen molar-refractivity contribution in [3.05, 3.63) is 35.2 Å². The van der Waals surface area contributed by atoms with Crippen LogP contribution in [0.25, 0.3) is 10.1 Å². The van der Waals surface area contributed by atoms with E-state index in [0.717, 1.165) is 15.6 Å². The molecule has 0 bridgehead atoms. The van der Waals surface area contributed by atoms with Gasteiger partial charge in [-0.1, -0.05) is 18.2 Å². The Morgan fingerprint density at radius 1 is 1.37 bits per heavy atom. The fourth-order valence-electron chi connectivity index (χ4n) is 2.01. The molecule has 0 spiro atoms. The van der Waals surface area contributed by atoms with Crippen molar-refractivity contribution in [2.24, 2.45) is 5.41 Å². The standard InChI is InChI=1S/C14H14O4S/c1-14(12(15)16,13(17)18-2)7-9-8-19-11-6-4-3-5-10(9)11/h3-6,8H,7H2,1-2H3,(H,15,16). The van der Waals surface area contributed by atoms with Crippen LogP contribution in [0.15, 0.2) is 29.6 Å². The number of ether oxygens (including phenoxy) is 1. The van der Waals surface area contributed by atoms with E-state index in [9.17, 15) is 14.7 Å². The van der Waals surface area contributed by atoms with Crippen LogP contribution >= 0.6 is 11.3 Å². The van der Waals surface area contributed by atoms with Crippen LogP contribution in [-0.2, 0) is 20.7 Å². The van der Waals surface area contributed by atoms with Gasteiger partial charge in [0.05, 0.1) is 7.11 Å². The fraction of sp³-hybridized carbons (Fsp3) is 0.286. The second-order valence-corrected chi connectivity index (χ2v) is 5.47. The third-order valence-corrected chi connectivity index (χ3v) is 4.23. The summed E-state index contributed by atoms with van der Waals surface area (Å²) in [5.41, 5.74) is -0.700. The van der Waals surface area contributed by atoms with E-state index in [-0.39, 0.29) is 6.42 Å². The van der Waals surface area contributed by atoms with Gasteiger partial charge in [-0.2, -0.15) is 0 Å². The summed E-state index contributed by atoms with van der Waals surface area (Å²) >= 11 is 1.54. The average molecular weight is 278 g/mol. The lowest BCUT2D eigenvalue weighted by molar-refractivity contribution is -0.165. The molecule has 0 fully saturated rings. The quantitative estimate of drug-likeness (QED) is 0.690. The van der Waals surface area contributed by atoms with E-state index in [2.05, 4.69) is 4.74 Å². The Balaban J connectivity index is 2.42. The van der Waals surface area contributed by atoms with Gasteiger partial charge in [-0.15, -0.1) is 11.3 Å². The first kappa shape index (κ1) is 13.5. The Morgan fingerprint density at radius 3 is 2.68 bits per heavy atom. The number of carboxylic acid groups (broad SMARTS) is 1. The van der Waals surface area contributed by atoms with E-state index >= 15 is 0 Å². The predicted molar refractivity (Wildman–Crippen MR) is 73.3 cm³/mol. The molecule has 1 aromatic heterocycles. The maximum atomic E-state index is 11.7. The summed E-state index contributed by atoms with van der Waals surface area (Å²) in [7, 11) is 1.20. The molecule has 5 heteroatoms. The van der Waals surface area contributed by atoms with Crippen LogP contribution in [0.1, 0.15) is 12.5 Å². The molecule has 4 nitrogen and oxygen atoms in total. The molecule has 1 N–H and O–H groups in total. The van der Waals surface area contributed by atoms with Crippen molar-refractivity contribution >= 4 is 33.4 Å². The highest BCUT2D eigenvalue weighted by Crippen LogP contribution is 2.32. The van der Waals surface area contributed by atoms with Crippen molar-refractivity contribution in [1.82, 2.24) is 0 Å². The number of rotatable bonds is 4. The predicted octanol–water partition coefficient (Wildman–Crippen LogP) is 2.71. The van der Waals surface area contributed by atoms with Crippen molar-refractivity contribution in [3.63, 3.8) is 0 Å². The molecule has 1 heterocycles. The number of carboxylic acids is 1. The highest BCUT2D eigenvalue weighted by molar-refractivity contribution is 7.17. The first-order valence-electron chi connectivity index (χ1n) is 5.76. The lowest BCUT2D eigenvalue weighted by Crippen LogP contribution is -2.39. The summed E-state index contributed by atoms with van der Waals surface area (Å²) in [6, 6.07) is 7.73. The van der Waals surface area contributed by atoms with Gasteiger partial charge in [0.25, 0.3) is 0 Å². The monoisotopic (exact) mass is 278 g/mol. The third kappa shape index (κ3) is 2.33. The number of hydrogen-bond acceptors (Lipinski definition) is 4. The van der Waals surface area contributed by atoms with Crippen molar-refractivity contribution in [2.45, 2.75) is 13.3 Å². The van der Waals surface area contributed by atoms with Crippen LogP contribution in [0.3, 0.4) is 0 Å². The number of fused-ring (bicyclic) bond motifs is 1. The number of benzene rings is 1. The second kappa shape index (κ2) is 5.01. The number of thiophene rings is 1. The zero-order valence-electron chi connectivity index (χ0n) is 10.7. The Bertz CT molecular complexity index is 631. The van der Waals surface area contributed by atoms with E-state index in [4.69, 9.17) is 0 Å². The van der Waals surface area contributed by atoms with Crippen LogP contribution < -0.4 is 0 Å². The second-order valence-electron chi connectivity index (χ2n) is 4.56. The smallest absolute Gasteiger partial charge is 0.323 e. The number of carbonyl (C=O) groups is 2. The van der Waals surface area contributed by atoms with Gasteiger partial charge in [0.1, 0.15) is 0 Å². The molecule has 1 atom stereocenters. The summed E-state index contributed by atoms with van der Waals surface area (Å²) in [4.78, 5) is 23.1. The van der Waals surface area contributed by atoms with Crippen molar-refractivity contribution in [3.8, 4) is 0 Å². The molecule has 1 unspecified atom stereocenters. The summed E-state index contributed by atoms with van der Waals surface area (Å²) in [5, 5.41) is 12.2. The van der Waals surface area contributed by atoms with E-state index < -0.39 is 17.4 Å². The van der Waals surface area contributed by atoms with E-state index in [0.29, 0.717) is 0 Å². The largest absolute Gasteiger partial charge is 0.480 e. The first-order chi connectivity index (χ1) is 8.99. The molecule has 0 saturated heterocycles. The minimum absolute atomic E-state index is 0.124. The van der Waals surface area contributed by atoms with Gasteiger partial charge in [0.2, 0.25) is 0 Å². The molecular formula is C14H14O4S. The minimum Gasteiger partial charge on any atom is -0.480 e. The van der Waals surface area contributed by atoms with E-state index in [1.165, 1.54) is 14.0 Å². The highest BCUT2D eigenvalue weighted by atomic mass is 32.1. The Kier molecular flexibility index (Phi) is 3.57. The van der Waals surface area contributed by atoms with Crippen LogP contribution in [0.2, 0.25) is 0 Å². The molecule has 2 rings (SSSR count). The molecule has 100 valence electrons. The van der Waals surface area contributed by atoms with Gasteiger partial charge in [-0.3, -0.25) is 9.59 Å². The molecule has 1 aromatic carbocycles. The van der Waals surface area contributed by atoms with Gasteiger partial charge in [-0.25, -0.2) is 0 Å². The molecule has 0 aliphatic heterocycles. The number of aliphatic carboxylic acids is 1. The molecule has 0 aliphatic rings. The molecule has 0 amide bonds. The van der Waals surface area contributed by atoms with Gasteiger partial charge >= 0.3 is 11.9 Å². The lowest BCUT2D eigenvalue weighted by atomic mass is 9.83. The number of esters is 1. The van der Waals surface area contributed by atoms with Crippen LogP contribution in [0.5, 0.6) is 0 Å². The molecular weight excluding hydrogens is 264 g/mol. The molecule has 2 aromatic rings. The van der Waals surface area contributed by atoms with Gasteiger partial charge < -0.3 is 9.84 Å². The van der Waals surface area contributed by atoms with Crippen LogP contribution in [-0.4, -0.2) is 24.2 Å². The summed E-state index contributed by atoms with van der Waals surface area (Å²) in [6.45, 7) is 1.40. The molecule has 0 saturated carbocycles. The van der Waals surface area contributed by atoms with E-state index in [1.54, 1.807) is 11.3 Å². The van der Waals surface area contributed by atoms with Crippen molar-refractivity contribution < 1.29 is 19.4 Å². The summed E-state index contributed by atoms with van der Waals surface area (Å²) in [5.74, 6) is -1.90. The molecule has 19 heavy (non-hydrogen) atoms. The van der Waals surface area contributed by atoms with Crippen molar-refractivity contribution in [2.75, 3.05) is 7.11 Å². The van der Waals surface area contributed by atoms with E-state index in [1.807, 2.05) is 29.6 Å². The van der Waals surface area contributed by atoms with Crippen LogP contribution in [0, 0.1) is 5.41 Å². The highest BCUT2D eigenvalue weighted by Gasteiger charge is 2.43. The normalized spacial score (nSPS) is 14.0. The molecule has 0 aliphatic carbocycles. The lowest BCUT2D eigenvalue weighted by Gasteiger charge is -2.21. The summed E-state index contributed by atoms with van der Waals surface area (Å²) in [6.07, 6.45) is 0.124. The maximum Gasteiger partial charge on any atom is 0.323 e. The number of carbonyl (C=O) groups excluding carboxylic acids is 1. The fourth-order valence-corrected chi connectivity index (χ4v) is 2.97. The van der Waals surface area contributed by atoms with Gasteiger partial charge in [-0.05, 0) is 29.3 Å². The van der Waals surface area contributed by atoms with Gasteiger partial charge in [0.15, 0.2) is 5.41 Å². The Hall–Kier alpha value is -1.88. The van der Waals surface area contributed by atoms with Crippen molar-refractivity contribution in [1.29, 1.82) is 0 Å². The first-order valence-corrected chi connectivity index (χ1v) is 6.64. The zero-order valence-corrected chi connectivity index (χ0v) is 11.5. The third-order valence-electron chi connectivity index (χ3n) is 3.21.